The molecule has 1 aliphatic heterocycles. The first-order valence-corrected chi connectivity index (χ1v) is 13.1. The fourth-order valence-corrected chi connectivity index (χ4v) is 6.34. The number of imidazole rings is 1. The minimum Gasteiger partial charge on any atom is -0.364 e. The zero-order valence-corrected chi connectivity index (χ0v) is 20.1. The second-order valence-electron chi connectivity index (χ2n) is 8.96. The van der Waals surface area contributed by atoms with E-state index < -0.39 is 39.7 Å². The summed E-state index contributed by atoms with van der Waals surface area (Å²) in [6, 6.07) is 0.882. The molecular formula is C20H24F3N7O2S2. The predicted molar refractivity (Wildman–Crippen MR) is 122 cm³/mol. The monoisotopic (exact) mass is 515 g/mol. The highest BCUT2D eigenvalue weighted by Gasteiger charge is 2.42. The van der Waals surface area contributed by atoms with E-state index in [9.17, 15) is 21.6 Å². The summed E-state index contributed by atoms with van der Waals surface area (Å²) in [7, 11) is -3.90. The van der Waals surface area contributed by atoms with E-state index in [1.54, 1.807) is 12.3 Å². The molecule has 0 bridgehead atoms. The minimum absolute atomic E-state index is 0.00324. The molecule has 1 aliphatic carbocycles. The highest BCUT2D eigenvalue weighted by atomic mass is 32.2. The number of halogens is 3. The summed E-state index contributed by atoms with van der Waals surface area (Å²) >= 11 is 0.699. The molecule has 9 nitrogen and oxygen atoms in total. The first-order chi connectivity index (χ1) is 16.1. The van der Waals surface area contributed by atoms with Gasteiger partial charge < -0.3 is 10.2 Å². The topological polar surface area (TPSA) is 105 Å². The Balaban J connectivity index is 1.67. The maximum absolute atomic E-state index is 13.6. The summed E-state index contributed by atoms with van der Waals surface area (Å²) in [5.41, 5.74) is 0.638. The summed E-state index contributed by atoms with van der Waals surface area (Å²) in [6.07, 6.45) is 1.67. The number of hydrogen-bond donors (Lipinski definition) is 2. The number of sulfonamides is 1. The molecule has 3 aromatic rings. The van der Waals surface area contributed by atoms with E-state index in [4.69, 9.17) is 0 Å². The molecule has 0 amide bonds. The molecule has 5 rings (SSSR count). The molecular weight excluding hydrogens is 491 g/mol. The fourth-order valence-electron chi connectivity index (χ4n) is 4.16. The number of piperazine rings is 1. The number of aromatic nitrogens is 4. The van der Waals surface area contributed by atoms with Crippen LogP contribution >= 0.6 is 11.3 Å². The molecule has 4 heterocycles. The summed E-state index contributed by atoms with van der Waals surface area (Å²) in [6.45, 7) is 4.18. The van der Waals surface area contributed by atoms with Crippen molar-refractivity contribution in [1.29, 1.82) is 0 Å². The molecule has 1 saturated carbocycles. The molecule has 0 radical (unpaired) electrons. The third-order valence-corrected chi connectivity index (χ3v) is 8.95. The molecule has 2 fully saturated rings. The lowest BCUT2D eigenvalue weighted by atomic mass is 10.1. The highest BCUT2D eigenvalue weighted by Crippen LogP contribution is 2.38. The molecule has 0 spiro atoms. The summed E-state index contributed by atoms with van der Waals surface area (Å²) in [5.74, 6) is 0.208. The van der Waals surface area contributed by atoms with Gasteiger partial charge in [-0.05, 0) is 32.8 Å². The Hall–Kier alpha value is -2.29. The summed E-state index contributed by atoms with van der Waals surface area (Å²) in [4.78, 5) is 6.31. The fraction of sp³-hybridized carbons (Fsp3) is 0.550. The van der Waals surface area contributed by atoms with Crippen molar-refractivity contribution in [2.75, 3.05) is 24.7 Å². The van der Waals surface area contributed by atoms with Gasteiger partial charge in [-0.2, -0.15) is 0 Å². The largest absolute Gasteiger partial charge is 0.364 e. The third-order valence-electron chi connectivity index (χ3n) is 6.41. The average molecular weight is 516 g/mol. The van der Waals surface area contributed by atoms with Gasteiger partial charge in [0.25, 0.3) is 6.43 Å². The lowest BCUT2D eigenvalue weighted by Gasteiger charge is -2.41. The van der Waals surface area contributed by atoms with Gasteiger partial charge >= 0.3 is 0 Å². The van der Waals surface area contributed by atoms with Gasteiger partial charge in [-0.15, -0.1) is 10.2 Å². The van der Waals surface area contributed by atoms with Crippen molar-refractivity contribution in [3.05, 3.63) is 23.5 Å². The Bertz CT molecular complexity index is 1320. The van der Waals surface area contributed by atoms with Crippen LogP contribution in [0.25, 0.3) is 16.3 Å². The second-order valence-corrected chi connectivity index (χ2v) is 11.7. The van der Waals surface area contributed by atoms with Crippen LogP contribution in [-0.2, 0) is 10.0 Å². The molecule has 2 aliphatic rings. The zero-order chi connectivity index (χ0) is 24.3. The Morgan fingerprint density at radius 1 is 1.35 bits per heavy atom. The van der Waals surface area contributed by atoms with Gasteiger partial charge in [0.2, 0.25) is 10.0 Å². The standard InChI is InChI=1S/C20H24F3N7O2S2/c1-11-13(8-21)24-5-6-29(11)14-7-12(34(31,32)28-20(2)3-4-20)10-30-15(14)9-25-17(30)19-27-26-18(33-19)16(22)23/h7,9-11,13,16,24,28H,3-6,8H2,1-2H3/t11-,13-/m1/s1. The number of alkyl halides is 3. The third kappa shape index (κ3) is 4.16. The highest BCUT2D eigenvalue weighted by molar-refractivity contribution is 7.89. The Labute approximate surface area is 198 Å². The quantitative estimate of drug-likeness (QED) is 0.499. The first-order valence-electron chi connectivity index (χ1n) is 10.8. The van der Waals surface area contributed by atoms with Gasteiger partial charge in [-0.25, -0.2) is 31.3 Å². The molecule has 0 aromatic carbocycles. The molecule has 1 saturated heterocycles. The molecule has 184 valence electrons. The van der Waals surface area contributed by atoms with Crippen molar-refractivity contribution in [3.63, 3.8) is 0 Å². The molecule has 14 heteroatoms. The number of anilines is 1. The van der Waals surface area contributed by atoms with Crippen LogP contribution in [0.15, 0.2) is 23.4 Å². The SMILES string of the molecule is C[C@@H]1[C@@H](CF)NCCN1c1cc(S(=O)(=O)NC2(C)CC2)cn2c(-c3nnc(C(F)F)s3)ncc12. The zero-order valence-electron chi connectivity index (χ0n) is 18.5. The number of nitrogens with zero attached hydrogens (tertiary/aromatic N) is 5. The number of nitrogens with one attached hydrogen (secondary N) is 2. The predicted octanol–water partition coefficient (Wildman–Crippen LogP) is 2.76. The van der Waals surface area contributed by atoms with Gasteiger partial charge in [0.15, 0.2) is 15.8 Å². The van der Waals surface area contributed by atoms with Crippen LogP contribution in [0.2, 0.25) is 0 Å². The van der Waals surface area contributed by atoms with E-state index in [2.05, 4.69) is 25.2 Å². The number of rotatable bonds is 7. The molecule has 34 heavy (non-hydrogen) atoms. The van der Waals surface area contributed by atoms with E-state index in [-0.39, 0.29) is 21.8 Å². The number of hydrogen-bond acceptors (Lipinski definition) is 8. The molecule has 2 atom stereocenters. The second kappa shape index (κ2) is 8.43. The number of fused-ring (bicyclic) bond motifs is 1. The van der Waals surface area contributed by atoms with Crippen molar-refractivity contribution in [2.45, 2.75) is 55.6 Å². The van der Waals surface area contributed by atoms with E-state index >= 15 is 0 Å². The van der Waals surface area contributed by atoms with Crippen LogP contribution in [0.1, 0.15) is 38.1 Å². The molecule has 0 unspecified atom stereocenters. The van der Waals surface area contributed by atoms with E-state index in [0.717, 1.165) is 12.8 Å². The van der Waals surface area contributed by atoms with Crippen molar-refractivity contribution in [3.8, 4) is 10.8 Å². The normalized spacial score (nSPS) is 22.6. The Kier molecular flexibility index (Phi) is 5.81. The Morgan fingerprint density at radius 3 is 2.76 bits per heavy atom. The van der Waals surface area contributed by atoms with Gasteiger partial charge in [-0.3, -0.25) is 4.40 Å². The lowest BCUT2D eigenvalue weighted by molar-refractivity contribution is 0.150. The van der Waals surface area contributed by atoms with Crippen LogP contribution in [0, 0.1) is 0 Å². The molecule has 3 aromatic heterocycles. The maximum Gasteiger partial charge on any atom is 0.291 e. The van der Waals surface area contributed by atoms with Crippen molar-refractivity contribution < 1.29 is 21.6 Å². The van der Waals surface area contributed by atoms with Crippen molar-refractivity contribution in [1.82, 2.24) is 29.6 Å². The minimum atomic E-state index is -3.90. The van der Waals surface area contributed by atoms with Crippen LogP contribution in [0.4, 0.5) is 18.9 Å². The van der Waals surface area contributed by atoms with Crippen molar-refractivity contribution in [2.24, 2.45) is 0 Å². The van der Waals surface area contributed by atoms with E-state index in [1.165, 1.54) is 10.6 Å². The Morgan fingerprint density at radius 2 is 2.12 bits per heavy atom. The smallest absolute Gasteiger partial charge is 0.291 e. The average Bonchev–Trinajstić information content (AvgIpc) is 3.19. The van der Waals surface area contributed by atoms with Gasteiger partial charge in [-0.1, -0.05) is 11.3 Å². The summed E-state index contributed by atoms with van der Waals surface area (Å²) in [5, 5.41) is 10.2. The van der Waals surface area contributed by atoms with E-state index in [0.29, 0.717) is 35.6 Å². The van der Waals surface area contributed by atoms with Crippen LogP contribution in [0.5, 0.6) is 0 Å². The van der Waals surface area contributed by atoms with Gasteiger partial charge in [0.1, 0.15) is 11.6 Å². The maximum atomic E-state index is 13.6. The van der Waals surface area contributed by atoms with E-state index in [1.807, 2.05) is 18.7 Å². The van der Waals surface area contributed by atoms with Crippen LogP contribution in [-0.4, -0.2) is 65.4 Å². The van der Waals surface area contributed by atoms with Gasteiger partial charge in [0.05, 0.1) is 23.4 Å². The van der Waals surface area contributed by atoms with Crippen LogP contribution in [0.3, 0.4) is 0 Å². The van der Waals surface area contributed by atoms with Crippen molar-refractivity contribution >= 4 is 32.6 Å². The number of pyridine rings is 1. The first kappa shape index (κ1) is 23.5. The lowest BCUT2D eigenvalue weighted by Crippen LogP contribution is -2.57. The summed E-state index contributed by atoms with van der Waals surface area (Å²) < 4.78 is 70.6. The molecule has 2 N–H and O–H groups in total. The van der Waals surface area contributed by atoms with Crippen LogP contribution < -0.4 is 14.9 Å². The van der Waals surface area contributed by atoms with Gasteiger partial charge in [0, 0.05) is 30.9 Å².